The molecule has 19 heavy (non-hydrogen) atoms. The lowest BCUT2D eigenvalue weighted by molar-refractivity contribution is -0.138. The van der Waals surface area contributed by atoms with Gasteiger partial charge in [-0.25, -0.2) is 9.78 Å². The number of carboxylic acids is 1. The number of methoxy groups -OCH3 is 1. The Balaban J connectivity index is 2.70. The van der Waals surface area contributed by atoms with Gasteiger partial charge in [-0.2, -0.15) is 4.98 Å². The number of aliphatic carboxylic acids is 1. The summed E-state index contributed by atoms with van der Waals surface area (Å²) in [5, 5.41) is 12.1. The molecule has 1 aromatic heterocycles. The summed E-state index contributed by atoms with van der Waals surface area (Å²) < 4.78 is 4.90. The monoisotopic (exact) mass is 267 g/mol. The van der Waals surface area contributed by atoms with Gasteiger partial charge in [0.15, 0.2) is 0 Å². The Kier molecular flexibility index (Phi) is 5.09. The average molecular weight is 267 g/mol. The molecule has 1 heterocycles. The molecule has 0 aliphatic heterocycles. The van der Waals surface area contributed by atoms with Gasteiger partial charge < -0.3 is 15.2 Å². The Morgan fingerprint density at radius 3 is 2.74 bits per heavy atom. The van der Waals surface area contributed by atoms with E-state index in [9.17, 15) is 9.90 Å². The van der Waals surface area contributed by atoms with E-state index in [4.69, 9.17) is 4.74 Å². The normalized spacial score (nSPS) is 12.8. The van der Waals surface area contributed by atoms with Crippen LogP contribution in [0.2, 0.25) is 0 Å². The van der Waals surface area contributed by atoms with Gasteiger partial charge in [0.2, 0.25) is 0 Å². The number of hydrogen-bond acceptors (Lipinski definition) is 5. The lowest BCUT2D eigenvalue weighted by Crippen LogP contribution is -2.30. The summed E-state index contributed by atoms with van der Waals surface area (Å²) in [6.07, 6.45) is 2.86. The molecule has 1 rings (SSSR count). The molecule has 6 heteroatoms. The lowest BCUT2D eigenvalue weighted by atomic mass is 9.88. The molecule has 0 unspecified atom stereocenters. The third-order valence-corrected chi connectivity index (χ3v) is 2.62. The summed E-state index contributed by atoms with van der Waals surface area (Å²) in [7, 11) is 1.47. The Labute approximate surface area is 113 Å². The molecule has 0 fully saturated rings. The van der Waals surface area contributed by atoms with Crippen molar-refractivity contribution in [3.8, 4) is 6.01 Å². The van der Waals surface area contributed by atoms with Crippen LogP contribution in [-0.2, 0) is 4.79 Å². The molecule has 0 bridgehead atoms. The fourth-order valence-electron chi connectivity index (χ4n) is 1.53. The van der Waals surface area contributed by atoms with E-state index in [-0.39, 0.29) is 11.4 Å². The van der Waals surface area contributed by atoms with Crippen LogP contribution >= 0.6 is 0 Å². The van der Waals surface area contributed by atoms with Crippen LogP contribution in [0.25, 0.3) is 0 Å². The van der Waals surface area contributed by atoms with Gasteiger partial charge in [-0.1, -0.05) is 20.8 Å². The van der Waals surface area contributed by atoms with Crippen LogP contribution < -0.4 is 10.1 Å². The van der Waals surface area contributed by atoms with E-state index in [1.165, 1.54) is 13.3 Å². The highest BCUT2D eigenvalue weighted by atomic mass is 16.5. The number of aromatic nitrogens is 2. The average Bonchev–Trinajstić information content (AvgIpc) is 2.33. The number of ether oxygens (including phenoxy) is 1. The SMILES string of the molecule is COc1nccc(N[C@@H](CCC(C)(C)C)C(=O)O)n1. The fourth-order valence-corrected chi connectivity index (χ4v) is 1.53. The Hall–Kier alpha value is -1.85. The lowest BCUT2D eigenvalue weighted by Gasteiger charge is -2.21. The van der Waals surface area contributed by atoms with Gasteiger partial charge in [-0.3, -0.25) is 0 Å². The predicted octanol–water partition coefficient (Wildman–Crippen LogP) is 2.18. The maximum Gasteiger partial charge on any atom is 0.326 e. The molecule has 1 atom stereocenters. The molecule has 6 nitrogen and oxygen atoms in total. The van der Waals surface area contributed by atoms with Crippen molar-refractivity contribution in [2.45, 2.75) is 39.7 Å². The van der Waals surface area contributed by atoms with Crippen LogP contribution in [0.5, 0.6) is 6.01 Å². The highest BCUT2D eigenvalue weighted by molar-refractivity contribution is 5.76. The molecule has 2 N–H and O–H groups in total. The van der Waals surface area contributed by atoms with E-state index in [0.717, 1.165) is 6.42 Å². The molecule has 0 saturated heterocycles. The summed E-state index contributed by atoms with van der Waals surface area (Å²) in [6.45, 7) is 6.25. The Bertz CT molecular complexity index is 429. The number of nitrogens with one attached hydrogen (secondary N) is 1. The largest absolute Gasteiger partial charge is 0.480 e. The second kappa shape index (κ2) is 6.36. The van der Waals surface area contributed by atoms with E-state index in [0.29, 0.717) is 12.2 Å². The molecule has 0 saturated carbocycles. The maximum atomic E-state index is 11.2. The van der Waals surface area contributed by atoms with Crippen LogP contribution in [0, 0.1) is 5.41 Å². The first-order valence-electron chi connectivity index (χ1n) is 6.18. The molecule has 0 aliphatic rings. The van der Waals surface area contributed by atoms with Crippen molar-refractivity contribution < 1.29 is 14.6 Å². The van der Waals surface area contributed by atoms with Crippen molar-refractivity contribution in [1.29, 1.82) is 0 Å². The summed E-state index contributed by atoms with van der Waals surface area (Å²) in [4.78, 5) is 19.2. The number of carboxylic acid groups (broad SMARTS) is 1. The van der Waals surface area contributed by atoms with E-state index in [2.05, 4.69) is 36.1 Å². The second-order valence-corrected chi connectivity index (χ2v) is 5.56. The summed E-state index contributed by atoms with van der Waals surface area (Å²) >= 11 is 0. The van der Waals surface area contributed by atoms with Crippen LogP contribution in [0.3, 0.4) is 0 Å². The quantitative estimate of drug-likeness (QED) is 0.821. The standard InChI is InChI=1S/C13H21N3O3/c1-13(2,3)7-5-9(11(17)18)15-10-6-8-14-12(16-10)19-4/h6,8-9H,5,7H2,1-4H3,(H,17,18)(H,14,15,16)/t9-/m0/s1. The van der Waals surface area contributed by atoms with E-state index in [1.807, 2.05) is 0 Å². The predicted molar refractivity (Wildman–Crippen MR) is 72.3 cm³/mol. The number of nitrogens with zero attached hydrogens (tertiary/aromatic N) is 2. The van der Waals surface area contributed by atoms with Gasteiger partial charge in [0, 0.05) is 6.20 Å². The van der Waals surface area contributed by atoms with Crippen LogP contribution in [0.4, 0.5) is 5.82 Å². The van der Waals surface area contributed by atoms with Gasteiger partial charge >= 0.3 is 12.0 Å². The fraction of sp³-hybridized carbons (Fsp3) is 0.615. The number of rotatable bonds is 6. The molecule has 0 aromatic carbocycles. The summed E-state index contributed by atoms with van der Waals surface area (Å²) in [6, 6.07) is 1.17. The van der Waals surface area contributed by atoms with Gasteiger partial charge in [-0.15, -0.1) is 0 Å². The van der Waals surface area contributed by atoms with Crippen LogP contribution in [0.15, 0.2) is 12.3 Å². The van der Waals surface area contributed by atoms with Crippen LogP contribution in [0.1, 0.15) is 33.6 Å². The molecular weight excluding hydrogens is 246 g/mol. The zero-order valence-electron chi connectivity index (χ0n) is 11.8. The number of carbonyl (C=O) groups is 1. The minimum atomic E-state index is -0.887. The molecule has 1 aromatic rings. The molecule has 106 valence electrons. The Morgan fingerprint density at radius 1 is 1.53 bits per heavy atom. The van der Waals surface area contributed by atoms with E-state index in [1.54, 1.807) is 6.07 Å². The zero-order valence-corrected chi connectivity index (χ0v) is 11.8. The number of hydrogen-bond donors (Lipinski definition) is 2. The first kappa shape index (κ1) is 15.2. The highest BCUT2D eigenvalue weighted by Crippen LogP contribution is 2.22. The van der Waals surface area contributed by atoms with Crippen molar-refractivity contribution in [3.05, 3.63) is 12.3 Å². The molecule has 0 aliphatic carbocycles. The van der Waals surface area contributed by atoms with Gasteiger partial charge in [0.25, 0.3) is 0 Å². The van der Waals surface area contributed by atoms with E-state index < -0.39 is 12.0 Å². The van der Waals surface area contributed by atoms with Gasteiger partial charge in [0.1, 0.15) is 11.9 Å². The second-order valence-electron chi connectivity index (χ2n) is 5.56. The molecule has 0 amide bonds. The topological polar surface area (TPSA) is 84.3 Å². The smallest absolute Gasteiger partial charge is 0.326 e. The van der Waals surface area contributed by atoms with E-state index >= 15 is 0 Å². The molecule has 0 radical (unpaired) electrons. The van der Waals surface area contributed by atoms with Crippen LogP contribution in [-0.4, -0.2) is 34.2 Å². The summed E-state index contributed by atoms with van der Waals surface area (Å²) in [5.41, 5.74) is 0.0960. The van der Waals surface area contributed by atoms with Gasteiger partial charge in [0.05, 0.1) is 7.11 Å². The highest BCUT2D eigenvalue weighted by Gasteiger charge is 2.21. The van der Waals surface area contributed by atoms with Gasteiger partial charge in [-0.05, 0) is 24.3 Å². The van der Waals surface area contributed by atoms with Crippen molar-refractivity contribution in [2.24, 2.45) is 5.41 Å². The first-order chi connectivity index (χ1) is 8.81. The third kappa shape index (κ3) is 5.54. The zero-order chi connectivity index (χ0) is 14.5. The minimum absolute atomic E-state index is 0.0960. The first-order valence-corrected chi connectivity index (χ1v) is 6.18. The Morgan fingerprint density at radius 2 is 2.21 bits per heavy atom. The maximum absolute atomic E-state index is 11.2. The minimum Gasteiger partial charge on any atom is -0.480 e. The van der Waals surface area contributed by atoms with Crippen molar-refractivity contribution >= 4 is 11.8 Å². The van der Waals surface area contributed by atoms with Crippen molar-refractivity contribution in [3.63, 3.8) is 0 Å². The molecular formula is C13H21N3O3. The summed E-state index contributed by atoms with van der Waals surface area (Å²) in [5.74, 6) is -0.435. The third-order valence-electron chi connectivity index (χ3n) is 2.62. The molecule has 0 spiro atoms. The van der Waals surface area contributed by atoms with Crippen molar-refractivity contribution in [2.75, 3.05) is 12.4 Å². The van der Waals surface area contributed by atoms with Crippen molar-refractivity contribution in [1.82, 2.24) is 9.97 Å². The number of anilines is 1.